The number of nitrogen functional groups attached to an aromatic ring is 1. The molecule has 2 aromatic heterocycles. The summed E-state index contributed by atoms with van der Waals surface area (Å²) in [6, 6.07) is 12.3. The number of piperidine rings is 1. The van der Waals surface area contributed by atoms with Crippen molar-refractivity contribution >= 4 is 16.9 Å². The minimum absolute atomic E-state index is 0.239. The molecule has 5 N–H and O–H groups in total. The smallest absolute Gasteiger partial charge is 0.145 e. The van der Waals surface area contributed by atoms with Gasteiger partial charge in [0.15, 0.2) is 0 Å². The summed E-state index contributed by atoms with van der Waals surface area (Å²) in [4.78, 5) is 8.39. The molecule has 2 fully saturated rings. The zero-order valence-electron chi connectivity index (χ0n) is 15.6. The van der Waals surface area contributed by atoms with E-state index in [4.69, 9.17) is 5.73 Å². The van der Waals surface area contributed by atoms with E-state index in [1.54, 1.807) is 0 Å². The summed E-state index contributed by atoms with van der Waals surface area (Å²) in [5.74, 6) is 0.427. The molecule has 1 aliphatic carbocycles. The van der Waals surface area contributed by atoms with Crippen molar-refractivity contribution in [1.29, 1.82) is 0 Å². The zero-order valence-corrected chi connectivity index (χ0v) is 15.6. The van der Waals surface area contributed by atoms with Gasteiger partial charge in [0.2, 0.25) is 0 Å². The quantitative estimate of drug-likeness (QED) is 0.541. The van der Waals surface area contributed by atoms with Gasteiger partial charge in [-0.2, -0.15) is 0 Å². The first kappa shape index (κ1) is 17.6. The number of nitrogens with two attached hydrogens (primary N) is 1. The van der Waals surface area contributed by atoms with E-state index in [1.165, 1.54) is 11.9 Å². The van der Waals surface area contributed by atoms with E-state index < -0.39 is 12.2 Å². The summed E-state index contributed by atoms with van der Waals surface area (Å²) in [5.41, 5.74) is 7.58. The molecule has 7 heteroatoms. The van der Waals surface area contributed by atoms with Crippen LogP contribution in [-0.4, -0.2) is 43.5 Å². The molecule has 5 rings (SSSR count). The molecule has 3 heterocycles. The zero-order chi connectivity index (χ0) is 19.3. The number of aliphatic hydroxyl groups excluding tert-OH is 2. The predicted octanol–water partition coefficient (Wildman–Crippen LogP) is 1.79. The largest absolute Gasteiger partial charge is 0.390 e. The molecule has 7 nitrogen and oxygen atoms in total. The highest BCUT2D eigenvalue weighted by molar-refractivity contribution is 5.86. The second-order valence-electron chi connectivity index (χ2n) is 8.17. The third-order valence-corrected chi connectivity index (χ3v) is 6.69. The van der Waals surface area contributed by atoms with E-state index in [1.807, 2.05) is 22.9 Å². The molecular weight excluding hydrogens is 354 g/mol. The van der Waals surface area contributed by atoms with E-state index in [0.717, 1.165) is 18.2 Å². The van der Waals surface area contributed by atoms with Gasteiger partial charge in [-0.05, 0) is 30.9 Å². The van der Waals surface area contributed by atoms with Crippen molar-refractivity contribution in [2.45, 2.75) is 43.6 Å². The Balaban J connectivity index is 1.40. The van der Waals surface area contributed by atoms with E-state index in [9.17, 15) is 10.2 Å². The molecule has 1 aliphatic heterocycles. The topological polar surface area (TPSA) is 109 Å². The van der Waals surface area contributed by atoms with Crippen molar-refractivity contribution in [3.63, 3.8) is 0 Å². The number of hydrogen-bond acceptors (Lipinski definition) is 6. The van der Waals surface area contributed by atoms with Gasteiger partial charge in [0.05, 0.1) is 17.5 Å². The fourth-order valence-electron chi connectivity index (χ4n) is 5.10. The van der Waals surface area contributed by atoms with Crippen LogP contribution in [0.4, 0.5) is 5.82 Å². The van der Waals surface area contributed by atoms with Gasteiger partial charge in [-0.25, -0.2) is 9.97 Å². The SMILES string of the molecule is Nc1ncnc2c1ccn2C1CC2(CCC(c3ccccc3)NC2)C(O)[C@@H]1O. The molecule has 4 unspecified atom stereocenters. The summed E-state index contributed by atoms with van der Waals surface area (Å²) < 4.78 is 1.94. The van der Waals surface area contributed by atoms with Crippen LogP contribution in [-0.2, 0) is 0 Å². The van der Waals surface area contributed by atoms with Crippen LogP contribution in [0, 0.1) is 5.41 Å². The van der Waals surface area contributed by atoms with Crippen molar-refractivity contribution in [2.75, 3.05) is 12.3 Å². The van der Waals surface area contributed by atoms with Crippen LogP contribution in [0.3, 0.4) is 0 Å². The number of benzene rings is 1. The van der Waals surface area contributed by atoms with Gasteiger partial charge < -0.3 is 25.8 Å². The van der Waals surface area contributed by atoms with Crippen molar-refractivity contribution in [3.8, 4) is 0 Å². The van der Waals surface area contributed by atoms with Crippen LogP contribution in [0.25, 0.3) is 11.0 Å². The first-order valence-electron chi connectivity index (χ1n) is 9.80. The second-order valence-corrected chi connectivity index (χ2v) is 8.17. The molecular formula is C21H25N5O2. The van der Waals surface area contributed by atoms with Gasteiger partial charge in [0.1, 0.15) is 23.9 Å². The summed E-state index contributed by atoms with van der Waals surface area (Å²) in [6.07, 6.45) is 4.19. The fraction of sp³-hybridized carbons (Fsp3) is 0.429. The Labute approximate surface area is 163 Å². The Kier molecular flexibility index (Phi) is 4.12. The van der Waals surface area contributed by atoms with Crippen molar-refractivity contribution in [2.24, 2.45) is 5.41 Å². The number of fused-ring (bicyclic) bond motifs is 1. The normalized spacial score (nSPS) is 32.9. The van der Waals surface area contributed by atoms with Crippen LogP contribution in [0.5, 0.6) is 0 Å². The van der Waals surface area contributed by atoms with Gasteiger partial charge in [0.25, 0.3) is 0 Å². The summed E-state index contributed by atoms with van der Waals surface area (Å²) in [6.45, 7) is 0.678. The van der Waals surface area contributed by atoms with Gasteiger partial charge in [-0.1, -0.05) is 30.3 Å². The molecule has 0 amide bonds. The third kappa shape index (κ3) is 2.62. The first-order valence-corrected chi connectivity index (χ1v) is 9.80. The van der Waals surface area contributed by atoms with Crippen molar-refractivity contribution < 1.29 is 10.2 Å². The highest BCUT2D eigenvalue weighted by Gasteiger charge is 2.54. The van der Waals surface area contributed by atoms with Gasteiger partial charge in [0, 0.05) is 24.2 Å². The third-order valence-electron chi connectivity index (χ3n) is 6.69. The molecule has 1 spiro atoms. The highest BCUT2D eigenvalue weighted by atomic mass is 16.3. The molecule has 0 bridgehead atoms. The molecule has 28 heavy (non-hydrogen) atoms. The molecule has 1 aromatic carbocycles. The average Bonchev–Trinajstić information content (AvgIpc) is 3.26. The van der Waals surface area contributed by atoms with Crippen LogP contribution in [0.15, 0.2) is 48.9 Å². The van der Waals surface area contributed by atoms with Gasteiger partial charge in [-0.3, -0.25) is 0 Å². The molecule has 146 valence electrons. The molecule has 1 saturated carbocycles. The van der Waals surface area contributed by atoms with E-state index in [2.05, 4.69) is 39.6 Å². The maximum atomic E-state index is 11.0. The maximum absolute atomic E-state index is 11.0. The summed E-state index contributed by atoms with van der Waals surface area (Å²) >= 11 is 0. The lowest BCUT2D eigenvalue weighted by molar-refractivity contribution is -0.0398. The molecule has 2 aliphatic rings. The van der Waals surface area contributed by atoms with Crippen LogP contribution >= 0.6 is 0 Å². The van der Waals surface area contributed by atoms with Crippen molar-refractivity contribution in [1.82, 2.24) is 19.9 Å². The Bertz CT molecular complexity index is 981. The number of aliphatic hydroxyl groups is 2. The summed E-state index contributed by atoms with van der Waals surface area (Å²) in [7, 11) is 0. The Morgan fingerprint density at radius 3 is 2.71 bits per heavy atom. The molecule has 0 radical (unpaired) electrons. The molecule has 5 atom stereocenters. The standard InChI is InChI=1S/C21H25N5O2/c22-19-14-7-9-26(20(14)25-12-24-19)16-10-21(18(28)17(16)27)8-6-15(23-11-21)13-4-2-1-3-5-13/h1-5,7,9,12,15-18,23,27-28H,6,8,10-11H2,(H2,22,24,25)/t15?,16?,17-,18?,21?/m1/s1. The number of nitrogens with one attached hydrogen (secondary N) is 1. The minimum Gasteiger partial charge on any atom is -0.390 e. The lowest BCUT2D eigenvalue weighted by atomic mass is 9.74. The Hall–Kier alpha value is -2.48. The van der Waals surface area contributed by atoms with Crippen LogP contribution < -0.4 is 11.1 Å². The summed E-state index contributed by atoms with van der Waals surface area (Å²) in [5, 5.41) is 26.2. The number of aromatic nitrogens is 3. The van der Waals surface area contributed by atoms with Gasteiger partial charge >= 0.3 is 0 Å². The highest BCUT2D eigenvalue weighted by Crippen LogP contribution is 2.50. The number of anilines is 1. The molecule has 1 saturated heterocycles. The lowest BCUT2D eigenvalue weighted by Crippen LogP contribution is -2.48. The Morgan fingerprint density at radius 2 is 1.96 bits per heavy atom. The average molecular weight is 379 g/mol. The predicted molar refractivity (Wildman–Crippen MR) is 106 cm³/mol. The van der Waals surface area contributed by atoms with E-state index >= 15 is 0 Å². The number of nitrogens with zero attached hydrogens (tertiary/aromatic N) is 3. The molecule has 3 aromatic rings. The van der Waals surface area contributed by atoms with E-state index in [-0.39, 0.29) is 17.5 Å². The number of hydrogen-bond donors (Lipinski definition) is 4. The monoisotopic (exact) mass is 379 g/mol. The van der Waals surface area contributed by atoms with E-state index in [0.29, 0.717) is 24.4 Å². The van der Waals surface area contributed by atoms with Crippen LogP contribution in [0.1, 0.15) is 36.9 Å². The minimum atomic E-state index is -0.845. The fourth-order valence-corrected chi connectivity index (χ4v) is 5.10. The maximum Gasteiger partial charge on any atom is 0.145 e. The second kappa shape index (κ2) is 6.55. The number of rotatable bonds is 2. The first-order chi connectivity index (χ1) is 13.6. The Morgan fingerprint density at radius 1 is 1.14 bits per heavy atom. The lowest BCUT2D eigenvalue weighted by Gasteiger charge is -2.40. The van der Waals surface area contributed by atoms with Gasteiger partial charge in [-0.15, -0.1) is 0 Å². The van der Waals surface area contributed by atoms with Crippen LogP contribution in [0.2, 0.25) is 0 Å². The van der Waals surface area contributed by atoms with Crippen molar-refractivity contribution in [3.05, 3.63) is 54.5 Å².